The zero-order chi connectivity index (χ0) is 16.7. The summed E-state index contributed by atoms with van der Waals surface area (Å²) in [6, 6.07) is 14.4. The third-order valence-corrected chi connectivity index (χ3v) is 5.65. The molecule has 4 rings (SSSR count). The average molecular weight is 323 g/mol. The van der Waals surface area contributed by atoms with Gasteiger partial charge in [0.25, 0.3) is 5.91 Å². The van der Waals surface area contributed by atoms with E-state index in [1.165, 1.54) is 30.2 Å². The van der Waals surface area contributed by atoms with Crippen molar-refractivity contribution in [3.63, 3.8) is 0 Å². The van der Waals surface area contributed by atoms with Gasteiger partial charge in [-0.3, -0.25) is 4.79 Å². The SMILES string of the molecule is O=C(c1ccc(O)cc1O)N1C[C@H]2CCCC[C@]21c1ccccc1. The highest BCUT2D eigenvalue weighted by molar-refractivity contribution is 5.98. The van der Waals surface area contributed by atoms with E-state index < -0.39 is 0 Å². The summed E-state index contributed by atoms with van der Waals surface area (Å²) in [6.45, 7) is 0.730. The third kappa shape index (κ3) is 2.09. The zero-order valence-corrected chi connectivity index (χ0v) is 13.5. The average Bonchev–Trinajstić information content (AvgIpc) is 2.57. The predicted octanol–water partition coefficient (Wildman–Crippen LogP) is 3.64. The summed E-state index contributed by atoms with van der Waals surface area (Å²) in [6.07, 6.45) is 4.43. The van der Waals surface area contributed by atoms with Crippen molar-refractivity contribution in [1.82, 2.24) is 4.90 Å². The maximum absolute atomic E-state index is 13.1. The van der Waals surface area contributed by atoms with Crippen LogP contribution in [-0.2, 0) is 5.54 Å². The Kier molecular flexibility index (Phi) is 3.48. The van der Waals surface area contributed by atoms with Gasteiger partial charge in [-0.25, -0.2) is 0 Å². The van der Waals surface area contributed by atoms with Gasteiger partial charge in [0.2, 0.25) is 0 Å². The van der Waals surface area contributed by atoms with Gasteiger partial charge in [0.05, 0.1) is 11.1 Å². The summed E-state index contributed by atoms with van der Waals surface area (Å²) in [5, 5.41) is 19.5. The number of hydrogen-bond donors (Lipinski definition) is 2. The van der Waals surface area contributed by atoms with E-state index in [1.54, 1.807) is 0 Å². The molecular formula is C20H21NO3. The molecule has 1 aliphatic heterocycles. The zero-order valence-electron chi connectivity index (χ0n) is 13.5. The van der Waals surface area contributed by atoms with Crippen LogP contribution in [0.15, 0.2) is 48.5 Å². The van der Waals surface area contributed by atoms with Crippen molar-refractivity contribution in [2.75, 3.05) is 6.54 Å². The summed E-state index contributed by atoms with van der Waals surface area (Å²) < 4.78 is 0. The molecule has 1 aliphatic carbocycles. The van der Waals surface area contributed by atoms with Crippen molar-refractivity contribution in [2.24, 2.45) is 5.92 Å². The van der Waals surface area contributed by atoms with Crippen molar-refractivity contribution in [2.45, 2.75) is 31.2 Å². The number of aromatic hydroxyl groups is 2. The van der Waals surface area contributed by atoms with Gasteiger partial charge in [0.1, 0.15) is 11.5 Å². The lowest BCUT2D eigenvalue weighted by Gasteiger charge is -2.61. The second kappa shape index (κ2) is 5.55. The Morgan fingerprint density at radius 3 is 2.58 bits per heavy atom. The molecule has 1 saturated heterocycles. The molecule has 0 unspecified atom stereocenters. The number of fused-ring (bicyclic) bond motifs is 1. The van der Waals surface area contributed by atoms with Crippen LogP contribution in [0.1, 0.15) is 41.6 Å². The van der Waals surface area contributed by atoms with Crippen molar-refractivity contribution in [3.05, 3.63) is 59.7 Å². The minimum Gasteiger partial charge on any atom is -0.508 e. The summed E-state index contributed by atoms with van der Waals surface area (Å²) in [5.41, 5.74) is 1.20. The lowest BCUT2D eigenvalue weighted by molar-refractivity contribution is -0.0869. The van der Waals surface area contributed by atoms with Gasteiger partial charge in [-0.1, -0.05) is 43.2 Å². The van der Waals surface area contributed by atoms with Crippen molar-refractivity contribution < 1.29 is 15.0 Å². The van der Waals surface area contributed by atoms with E-state index in [0.29, 0.717) is 5.92 Å². The molecular weight excluding hydrogens is 302 g/mol. The molecule has 2 fully saturated rings. The first-order valence-corrected chi connectivity index (χ1v) is 8.52. The van der Waals surface area contributed by atoms with Crippen molar-refractivity contribution >= 4 is 5.91 Å². The van der Waals surface area contributed by atoms with Gasteiger partial charge in [0, 0.05) is 18.5 Å². The predicted molar refractivity (Wildman–Crippen MR) is 90.9 cm³/mol. The number of phenols is 2. The lowest BCUT2D eigenvalue weighted by Crippen LogP contribution is -2.67. The van der Waals surface area contributed by atoms with Crippen LogP contribution in [0, 0.1) is 5.92 Å². The molecule has 2 aromatic carbocycles. The van der Waals surface area contributed by atoms with Crippen molar-refractivity contribution in [3.8, 4) is 11.5 Å². The number of likely N-dealkylation sites (tertiary alicyclic amines) is 1. The molecule has 0 radical (unpaired) electrons. The molecule has 2 aliphatic rings. The number of hydrogen-bond acceptors (Lipinski definition) is 3. The van der Waals surface area contributed by atoms with E-state index in [-0.39, 0.29) is 28.5 Å². The quantitative estimate of drug-likeness (QED) is 0.887. The van der Waals surface area contributed by atoms with Gasteiger partial charge >= 0.3 is 0 Å². The fourth-order valence-electron chi connectivity index (χ4n) is 4.47. The van der Waals surface area contributed by atoms with E-state index in [2.05, 4.69) is 12.1 Å². The molecule has 0 spiro atoms. The highest BCUT2D eigenvalue weighted by Crippen LogP contribution is 2.54. The first-order chi connectivity index (χ1) is 11.6. The van der Waals surface area contributed by atoms with Gasteiger partial charge in [-0.15, -0.1) is 0 Å². The Labute approximate surface area is 141 Å². The number of nitrogens with zero attached hydrogens (tertiary/aromatic N) is 1. The highest BCUT2D eigenvalue weighted by atomic mass is 16.3. The van der Waals surface area contributed by atoms with Crippen LogP contribution in [0.25, 0.3) is 0 Å². The number of carbonyl (C=O) groups excluding carboxylic acids is 1. The Balaban J connectivity index is 1.73. The summed E-state index contributed by atoms with van der Waals surface area (Å²) in [4.78, 5) is 15.0. The molecule has 124 valence electrons. The Hall–Kier alpha value is -2.49. The topological polar surface area (TPSA) is 60.8 Å². The van der Waals surface area contributed by atoms with Crippen molar-refractivity contribution in [1.29, 1.82) is 0 Å². The Morgan fingerprint density at radius 2 is 1.88 bits per heavy atom. The molecule has 0 aromatic heterocycles. The van der Waals surface area contributed by atoms with Gasteiger partial charge in [-0.05, 0) is 30.5 Å². The number of amides is 1. The molecule has 4 nitrogen and oxygen atoms in total. The Bertz CT molecular complexity index is 774. The van der Waals surface area contributed by atoms with Crippen LogP contribution in [0.3, 0.4) is 0 Å². The molecule has 2 atom stereocenters. The first kappa shape index (κ1) is 15.1. The molecule has 1 amide bonds. The molecule has 2 N–H and O–H groups in total. The lowest BCUT2D eigenvalue weighted by atomic mass is 9.61. The van der Waals surface area contributed by atoms with Crippen LogP contribution in [0.2, 0.25) is 0 Å². The third-order valence-electron chi connectivity index (χ3n) is 5.65. The minimum absolute atomic E-state index is 0.0408. The largest absolute Gasteiger partial charge is 0.508 e. The fraction of sp³-hybridized carbons (Fsp3) is 0.350. The van der Waals surface area contributed by atoms with E-state index >= 15 is 0 Å². The minimum atomic E-state index is -0.249. The molecule has 4 heteroatoms. The van der Waals surface area contributed by atoms with Gasteiger partial charge < -0.3 is 15.1 Å². The van der Waals surface area contributed by atoms with Crippen LogP contribution in [0.4, 0.5) is 0 Å². The monoisotopic (exact) mass is 323 g/mol. The number of benzene rings is 2. The number of rotatable bonds is 2. The molecule has 24 heavy (non-hydrogen) atoms. The Morgan fingerprint density at radius 1 is 1.08 bits per heavy atom. The van der Waals surface area contributed by atoms with Gasteiger partial charge in [-0.2, -0.15) is 0 Å². The van der Waals surface area contributed by atoms with Crippen LogP contribution in [-0.4, -0.2) is 27.6 Å². The van der Waals surface area contributed by atoms with Crippen LogP contribution >= 0.6 is 0 Å². The molecule has 2 aromatic rings. The van der Waals surface area contributed by atoms with Gasteiger partial charge in [0.15, 0.2) is 0 Å². The molecule has 1 heterocycles. The second-order valence-electron chi connectivity index (χ2n) is 6.85. The summed E-state index contributed by atoms with van der Waals surface area (Å²) in [5.74, 6) is 0.120. The normalized spacial score (nSPS) is 25.7. The first-order valence-electron chi connectivity index (χ1n) is 8.52. The maximum Gasteiger partial charge on any atom is 0.258 e. The van der Waals surface area contributed by atoms with E-state index in [0.717, 1.165) is 25.8 Å². The van der Waals surface area contributed by atoms with Crippen LogP contribution < -0.4 is 0 Å². The maximum atomic E-state index is 13.1. The van der Waals surface area contributed by atoms with E-state index in [4.69, 9.17) is 0 Å². The summed E-state index contributed by atoms with van der Waals surface area (Å²) >= 11 is 0. The smallest absolute Gasteiger partial charge is 0.258 e. The number of carbonyl (C=O) groups is 1. The summed E-state index contributed by atoms with van der Waals surface area (Å²) in [7, 11) is 0. The van der Waals surface area contributed by atoms with Crippen LogP contribution in [0.5, 0.6) is 11.5 Å². The molecule has 1 saturated carbocycles. The fourth-order valence-corrected chi connectivity index (χ4v) is 4.47. The number of phenolic OH excluding ortho intramolecular Hbond substituents is 2. The van der Waals surface area contributed by atoms with E-state index in [1.807, 2.05) is 23.1 Å². The second-order valence-corrected chi connectivity index (χ2v) is 6.85. The standard InChI is InChI=1S/C20H21NO3/c22-16-9-10-17(18(23)12-16)19(24)21-13-15-8-4-5-11-20(15,21)14-6-2-1-3-7-14/h1-3,6-7,9-10,12,15,22-23H,4-5,8,11,13H2/t15-,20+/m1/s1. The highest BCUT2D eigenvalue weighted by Gasteiger charge is 2.57. The molecule has 0 bridgehead atoms. The van der Waals surface area contributed by atoms with E-state index in [9.17, 15) is 15.0 Å².